The summed E-state index contributed by atoms with van der Waals surface area (Å²) < 4.78 is 0. The number of hydrogen-bond donors (Lipinski definition) is 0. The van der Waals surface area contributed by atoms with Crippen LogP contribution in [0.2, 0.25) is 0 Å². The normalized spacial score (nSPS) is 25.4. The first-order valence-electron chi connectivity index (χ1n) is 11.1. The number of piperidine rings is 2. The van der Waals surface area contributed by atoms with Crippen LogP contribution < -0.4 is 0 Å². The fourth-order valence-corrected chi connectivity index (χ4v) is 5.00. The van der Waals surface area contributed by atoms with E-state index < -0.39 is 0 Å². The van der Waals surface area contributed by atoms with Crippen LogP contribution in [0.1, 0.15) is 61.6 Å². The summed E-state index contributed by atoms with van der Waals surface area (Å²) in [6.45, 7) is 7.79. The topological polar surface area (TPSA) is 40.6 Å². The Bertz CT molecular complexity index is 755. The standard InChI is InChI=1S/C24H34N2O2/c1-18-4-5-20(14-19(18)2)8-9-22(27)25-13-3-11-24(16-25)12-10-23(28)26(17-24)15-21-6-7-21/h4-5,14,21H,3,6-13,15-17H2,1-2H3/t24-/m1/s1. The van der Waals surface area contributed by atoms with Crippen LogP contribution in [0.4, 0.5) is 0 Å². The molecule has 1 aromatic carbocycles. The van der Waals surface area contributed by atoms with Crippen molar-refractivity contribution in [2.75, 3.05) is 26.2 Å². The minimum Gasteiger partial charge on any atom is -0.342 e. The summed E-state index contributed by atoms with van der Waals surface area (Å²) in [4.78, 5) is 29.5. The molecule has 28 heavy (non-hydrogen) atoms. The van der Waals surface area contributed by atoms with Crippen molar-refractivity contribution in [2.24, 2.45) is 11.3 Å². The molecule has 0 N–H and O–H groups in total. The second-order valence-electron chi connectivity index (χ2n) is 9.56. The highest BCUT2D eigenvalue weighted by Crippen LogP contribution is 2.40. The fraction of sp³-hybridized carbons (Fsp3) is 0.667. The second-order valence-corrected chi connectivity index (χ2v) is 9.56. The molecule has 2 saturated heterocycles. The molecule has 1 aromatic rings. The van der Waals surface area contributed by atoms with E-state index in [1.807, 2.05) is 0 Å². The SMILES string of the molecule is Cc1ccc(CCC(=O)N2CCC[C@@]3(CCC(=O)N(CC4CC4)C3)C2)cc1C. The number of likely N-dealkylation sites (tertiary alicyclic amines) is 2. The molecule has 2 aliphatic heterocycles. The van der Waals surface area contributed by atoms with Gasteiger partial charge in [-0.2, -0.15) is 0 Å². The lowest BCUT2D eigenvalue weighted by atomic mass is 9.73. The molecule has 1 atom stereocenters. The molecule has 0 bridgehead atoms. The summed E-state index contributed by atoms with van der Waals surface area (Å²) in [5.74, 6) is 1.34. The molecule has 1 spiro atoms. The van der Waals surface area contributed by atoms with E-state index in [-0.39, 0.29) is 11.3 Å². The quantitative estimate of drug-likeness (QED) is 0.775. The number of hydrogen-bond acceptors (Lipinski definition) is 2. The Morgan fingerprint density at radius 1 is 1.14 bits per heavy atom. The van der Waals surface area contributed by atoms with Crippen LogP contribution in [0.5, 0.6) is 0 Å². The first kappa shape index (κ1) is 19.5. The van der Waals surface area contributed by atoms with E-state index in [1.54, 1.807) is 0 Å². The molecule has 1 aliphatic carbocycles. The van der Waals surface area contributed by atoms with Gasteiger partial charge in [-0.3, -0.25) is 9.59 Å². The van der Waals surface area contributed by atoms with Gasteiger partial charge in [-0.1, -0.05) is 18.2 Å². The van der Waals surface area contributed by atoms with Gasteiger partial charge < -0.3 is 9.80 Å². The third kappa shape index (κ3) is 4.42. The minimum atomic E-state index is 0.136. The summed E-state index contributed by atoms with van der Waals surface area (Å²) in [6.07, 6.45) is 7.80. The summed E-state index contributed by atoms with van der Waals surface area (Å²) in [5.41, 5.74) is 3.99. The summed E-state index contributed by atoms with van der Waals surface area (Å²) >= 11 is 0. The molecule has 0 unspecified atom stereocenters. The van der Waals surface area contributed by atoms with Crippen LogP contribution in [0.3, 0.4) is 0 Å². The van der Waals surface area contributed by atoms with Gasteiger partial charge in [0.2, 0.25) is 11.8 Å². The van der Waals surface area contributed by atoms with Gasteiger partial charge in [-0.05, 0) is 75.0 Å². The average molecular weight is 383 g/mol. The zero-order chi connectivity index (χ0) is 19.7. The average Bonchev–Trinajstić information content (AvgIpc) is 3.50. The van der Waals surface area contributed by atoms with Crippen LogP contribution in [0.25, 0.3) is 0 Å². The molecular formula is C24H34N2O2. The van der Waals surface area contributed by atoms with Crippen molar-refractivity contribution in [1.82, 2.24) is 9.80 Å². The Morgan fingerprint density at radius 2 is 1.96 bits per heavy atom. The predicted octanol–water partition coefficient (Wildman–Crippen LogP) is 3.88. The minimum absolute atomic E-state index is 0.136. The Kier molecular flexibility index (Phi) is 5.48. The molecular weight excluding hydrogens is 348 g/mol. The van der Waals surface area contributed by atoms with E-state index in [9.17, 15) is 9.59 Å². The number of aryl methyl sites for hydroxylation is 3. The Labute approximate surface area is 169 Å². The van der Waals surface area contributed by atoms with E-state index in [1.165, 1.54) is 29.5 Å². The number of benzene rings is 1. The lowest BCUT2D eigenvalue weighted by Gasteiger charge is -2.48. The molecule has 0 aromatic heterocycles. The van der Waals surface area contributed by atoms with Gasteiger partial charge in [0, 0.05) is 44.4 Å². The highest BCUT2D eigenvalue weighted by molar-refractivity contribution is 5.78. The lowest BCUT2D eigenvalue weighted by molar-refractivity contribution is -0.143. The molecule has 152 valence electrons. The van der Waals surface area contributed by atoms with Crippen molar-refractivity contribution in [1.29, 1.82) is 0 Å². The van der Waals surface area contributed by atoms with Gasteiger partial charge in [0.05, 0.1) is 0 Å². The molecule has 2 heterocycles. The van der Waals surface area contributed by atoms with E-state index in [2.05, 4.69) is 41.8 Å². The predicted molar refractivity (Wildman–Crippen MR) is 111 cm³/mol. The number of amides is 2. The van der Waals surface area contributed by atoms with Crippen molar-refractivity contribution in [3.05, 3.63) is 34.9 Å². The van der Waals surface area contributed by atoms with Crippen molar-refractivity contribution in [2.45, 2.75) is 65.2 Å². The Morgan fingerprint density at radius 3 is 2.71 bits per heavy atom. The Hall–Kier alpha value is -1.84. The Balaban J connectivity index is 1.35. The van der Waals surface area contributed by atoms with Gasteiger partial charge in [0.25, 0.3) is 0 Å². The molecule has 4 rings (SSSR count). The third-order valence-corrected chi connectivity index (χ3v) is 7.14. The van der Waals surface area contributed by atoms with E-state index in [0.29, 0.717) is 18.7 Å². The maximum atomic E-state index is 12.9. The lowest BCUT2D eigenvalue weighted by Crippen LogP contribution is -2.55. The van der Waals surface area contributed by atoms with Crippen molar-refractivity contribution in [3.8, 4) is 0 Å². The zero-order valence-corrected chi connectivity index (χ0v) is 17.5. The molecule has 1 saturated carbocycles. The van der Waals surface area contributed by atoms with E-state index in [0.717, 1.165) is 57.8 Å². The molecule has 4 heteroatoms. The van der Waals surface area contributed by atoms with Crippen molar-refractivity contribution in [3.63, 3.8) is 0 Å². The largest absolute Gasteiger partial charge is 0.342 e. The highest BCUT2D eigenvalue weighted by Gasteiger charge is 2.43. The number of rotatable bonds is 5. The van der Waals surface area contributed by atoms with Gasteiger partial charge >= 0.3 is 0 Å². The molecule has 0 radical (unpaired) electrons. The molecule has 3 aliphatic rings. The smallest absolute Gasteiger partial charge is 0.222 e. The van der Waals surface area contributed by atoms with Crippen LogP contribution in [-0.2, 0) is 16.0 Å². The highest BCUT2D eigenvalue weighted by atomic mass is 16.2. The van der Waals surface area contributed by atoms with Gasteiger partial charge in [-0.25, -0.2) is 0 Å². The second kappa shape index (κ2) is 7.88. The molecule has 2 amide bonds. The summed E-state index contributed by atoms with van der Waals surface area (Å²) in [6, 6.07) is 6.51. The third-order valence-electron chi connectivity index (χ3n) is 7.14. The summed E-state index contributed by atoms with van der Waals surface area (Å²) in [5, 5.41) is 0. The van der Waals surface area contributed by atoms with Gasteiger partial charge in [0.15, 0.2) is 0 Å². The van der Waals surface area contributed by atoms with Crippen LogP contribution in [-0.4, -0.2) is 47.8 Å². The maximum Gasteiger partial charge on any atom is 0.222 e. The van der Waals surface area contributed by atoms with Crippen molar-refractivity contribution < 1.29 is 9.59 Å². The van der Waals surface area contributed by atoms with Crippen LogP contribution >= 0.6 is 0 Å². The first-order chi connectivity index (χ1) is 13.4. The van der Waals surface area contributed by atoms with E-state index >= 15 is 0 Å². The fourth-order valence-electron chi connectivity index (χ4n) is 5.00. The number of carbonyl (C=O) groups excluding carboxylic acids is 2. The number of carbonyl (C=O) groups is 2. The molecule has 4 nitrogen and oxygen atoms in total. The van der Waals surface area contributed by atoms with Gasteiger partial charge in [0.1, 0.15) is 0 Å². The summed E-state index contributed by atoms with van der Waals surface area (Å²) in [7, 11) is 0. The van der Waals surface area contributed by atoms with E-state index in [4.69, 9.17) is 0 Å². The first-order valence-corrected chi connectivity index (χ1v) is 11.1. The van der Waals surface area contributed by atoms with Crippen LogP contribution in [0.15, 0.2) is 18.2 Å². The van der Waals surface area contributed by atoms with Crippen LogP contribution in [0, 0.1) is 25.2 Å². The number of nitrogens with zero attached hydrogens (tertiary/aromatic N) is 2. The van der Waals surface area contributed by atoms with Crippen molar-refractivity contribution >= 4 is 11.8 Å². The molecule has 3 fully saturated rings. The zero-order valence-electron chi connectivity index (χ0n) is 17.5. The maximum absolute atomic E-state index is 12.9. The monoisotopic (exact) mass is 382 g/mol. The van der Waals surface area contributed by atoms with Gasteiger partial charge in [-0.15, -0.1) is 0 Å².